The van der Waals surface area contributed by atoms with Crippen LogP contribution in [0.3, 0.4) is 0 Å². The quantitative estimate of drug-likeness (QED) is 0.656. The predicted octanol–water partition coefficient (Wildman–Crippen LogP) is 0.117. The molecule has 0 saturated carbocycles. The molecule has 0 fully saturated rings. The van der Waals surface area contributed by atoms with Crippen LogP contribution < -0.4 is 21.9 Å². The van der Waals surface area contributed by atoms with Crippen molar-refractivity contribution in [3.8, 4) is 0 Å². The summed E-state index contributed by atoms with van der Waals surface area (Å²) >= 11 is 1.07. The molecule has 0 aliphatic heterocycles. The monoisotopic (exact) mass is 308 g/mol. The fraction of sp³-hybridized carbons (Fsp3) is 0.364. The number of hydrogen-bond acceptors (Lipinski definition) is 9. The van der Waals surface area contributed by atoms with Gasteiger partial charge in [0.05, 0.1) is 0 Å². The zero-order valence-electron chi connectivity index (χ0n) is 11.7. The Balaban J connectivity index is 2.33. The normalized spacial score (nSPS) is 10.6. The van der Waals surface area contributed by atoms with E-state index in [0.29, 0.717) is 16.3 Å². The Kier molecular flexibility index (Phi) is 4.58. The molecule has 5 N–H and O–H groups in total. The number of aromatic nitrogens is 5. The van der Waals surface area contributed by atoms with Gasteiger partial charge in [0, 0.05) is 19.2 Å². The number of nitrogen functional groups attached to an aromatic ring is 2. The van der Waals surface area contributed by atoms with Gasteiger partial charge in [-0.1, -0.05) is 0 Å². The molecule has 0 radical (unpaired) electrons. The van der Waals surface area contributed by atoms with Gasteiger partial charge < -0.3 is 21.4 Å². The minimum atomic E-state index is -0.337. The lowest BCUT2D eigenvalue weighted by Gasteiger charge is -2.18. The maximum absolute atomic E-state index is 11.4. The third-order valence-electron chi connectivity index (χ3n) is 2.59. The lowest BCUT2D eigenvalue weighted by molar-refractivity contribution is 0.785. The molecule has 0 saturated heterocycles. The van der Waals surface area contributed by atoms with Crippen LogP contribution in [0, 0.1) is 0 Å². The molecule has 21 heavy (non-hydrogen) atoms. The minimum absolute atomic E-state index is 0.112. The van der Waals surface area contributed by atoms with Crippen molar-refractivity contribution < 1.29 is 0 Å². The van der Waals surface area contributed by atoms with E-state index in [1.807, 2.05) is 18.7 Å². The van der Waals surface area contributed by atoms with Gasteiger partial charge in [0.2, 0.25) is 17.1 Å². The summed E-state index contributed by atoms with van der Waals surface area (Å²) in [6.45, 7) is 5.48. The van der Waals surface area contributed by atoms with Crippen molar-refractivity contribution in [2.24, 2.45) is 0 Å². The molecule has 0 bridgehead atoms. The van der Waals surface area contributed by atoms with E-state index in [2.05, 4.69) is 24.9 Å². The lowest BCUT2D eigenvalue weighted by atomic mass is 10.5. The summed E-state index contributed by atoms with van der Waals surface area (Å²) in [5.41, 5.74) is 10.9. The van der Waals surface area contributed by atoms with Crippen molar-refractivity contribution >= 4 is 29.5 Å². The average molecular weight is 308 g/mol. The van der Waals surface area contributed by atoms with E-state index in [9.17, 15) is 4.79 Å². The minimum Gasteiger partial charge on any atom is -0.383 e. The standard InChI is InChI=1S/C11H16N8OS/c1-3-19(4-2)9-16-8(13)17-11(18-9)21-10-14-6(12)5-7(20)15-10/h5H,3-4H2,1-2H3,(H3,12,14,15,20)(H2,13,16,17,18). The van der Waals surface area contributed by atoms with Crippen molar-refractivity contribution in [3.63, 3.8) is 0 Å². The molecule has 0 aliphatic rings. The third-order valence-corrected chi connectivity index (χ3v) is 3.35. The Morgan fingerprint density at radius 2 is 1.90 bits per heavy atom. The number of nitrogens with one attached hydrogen (secondary N) is 1. The number of H-pyrrole nitrogens is 1. The maximum atomic E-state index is 11.4. The molecule has 9 nitrogen and oxygen atoms in total. The highest BCUT2D eigenvalue weighted by molar-refractivity contribution is 7.99. The van der Waals surface area contributed by atoms with E-state index in [-0.39, 0.29) is 17.3 Å². The maximum Gasteiger partial charge on any atom is 0.253 e. The first-order chi connectivity index (χ1) is 10.0. The molecule has 0 amide bonds. The van der Waals surface area contributed by atoms with Gasteiger partial charge in [-0.3, -0.25) is 4.79 Å². The average Bonchev–Trinajstić information content (AvgIpc) is 2.38. The fourth-order valence-electron chi connectivity index (χ4n) is 1.64. The summed E-state index contributed by atoms with van der Waals surface area (Å²) in [4.78, 5) is 32.3. The number of hydrogen-bond donors (Lipinski definition) is 3. The van der Waals surface area contributed by atoms with Gasteiger partial charge in [-0.25, -0.2) is 4.98 Å². The number of aromatic amines is 1. The summed E-state index contributed by atoms with van der Waals surface area (Å²) in [7, 11) is 0. The molecular formula is C11H16N8OS. The molecule has 2 aromatic heterocycles. The number of nitrogens with zero attached hydrogens (tertiary/aromatic N) is 5. The summed E-state index contributed by atoms with van der Waals surface area (Å²) in [5, 5.41) is 0.647. The summed E-state index contributed by atoms with van der Waals surface area (Å²) < 4.78 is 0. The van der Waals surface area contributed by atoms with Gasteiger partial charge in [-0.2, -0.15) is 15.0 Å². The molecule has 10 heteroatoms. The SMILES string of the molecule is CCN(CC)c1nc(N)nc(Sc2nc(N)cc(=O)[nH]2)n1. The first-order valence-electron chi connectivity index (χ1n) is 6.33. The van der Waals surface area contributed by atoms with E-state index in [4.69, 9.17) is 11.5 Å². The van der Waals surface area contributed by atoms with Gasteiger partial charge in [0.15, 0.2) is 5.16 Å². The predicted molar refractivity (Wildman–Crippen MR) is 81.2 cm³/mol. The highest BCUT2D eigenvalue weighted by Gasteiger charge is 2.12. The van der Waals surface area contributed by atoms with Gasteiger partial charge >= 0.3 is 0 Å². The number of anilines is 3. The number of rotatable bonds is 5. The summed E-state index contributed by atoms with van der Waals surface area (Å²) in [6, 6.07) is 1.20. The molecule has 0 aromatic carbocycles. The second kappa shape index (κ2) is 6.39. The van der Waals surface area contributed by atoms with Crippen molar-refractivity contribution in [2.75, 3.05) is 29.5 Å². The Morgan fingerprint density at radius 1 is 1.19 bits per heavy atom. The van der Waals surface area contributed by atoms with E-state index >= 15 is 0 Å². The van der Waals surface area contributed by atoms with Crippen LogP contribution in [0.25, 0.3) is 0 Å². The highest BCUT2D eigenvalue weighted by Crippen LogP contribution is 2.22. The van der Waals surface area contributed by atoms with Crippen LogP contribution in [0.5, 0.6) is 0 Å². The topological polar surface area (TPSA) is 140 Å². The van der Waals surface area contributed by atoms with Gasteiger partial charge in [-0.15, -0.1) is 0 Å². The van der Waals surface area contributed by atoms with E-state index in [1.165, 1.54) is 6.07 Å². The highest BCUT2D eigenvalue weighted by atomic mass is 32.2. The number of nitrogens with two attached hydrogens (primary N) is 2. The zero-order chi connectivity index (χ0) is 15.4. The largest absolute Gasteiger partial charge is 0.383 e. The van der Waals surface area contributed by atoms with Crippen LogP contribution in [0.2, 0.25) is 0 Å². The Morgan fingerprint density at radius 3 is 2.52 bits per heavy atom. The van der Waals surface area contributed by atoms with Crippen LogP contribution >= 0.6 is 11.8 Å². The molecule has 0 unspecified atom stereocenters. The van der Waals surface area contributed by atoms with Crippen molar-refractivity contribution in [2.45, 2.75) is 24.2 Å². The van der Waals surface area contributed by atoms with Gasteiger partial charge in [0.1, 0.15) is 5.82 Å². The molecule has 2 rings (SSSR count). The van der Waals surface area contributed by atoms with E-state index in [0.717, 1.165) is 24.9 Å². The molecule has 0 atom stereocenters. The Labute approximate surface area is 125 Å². The van der Waals surface area contributed by atoms with Gasteiger partial charge in [0.25, 0.3) is 5.56 Å². The molecule has 2 aromatic rings. The molecule has 112 valence electrons. The van der Waals surface area contributed by atoms with E-state index < -0.39 is 0 Å². The lowest BCUT2D eigenvalue weighted by Crippen LogP contribution is -2.25. The van der Waals surface area contributed by atoms with Crippen LogP contribution in [0.15, 0.2) is 21.2 Å². The van der Waals surface area contributed by atoms with Crippen molar-refractivity contribution in [1.29, 1.82) is 0 Å². The summed E-state index contributed by atoms with van der Waals surface area (Å²) in [5.74, 6) is 0.731. The second-order valence-electron chi connectivity index (χ2n) is 4.03. The Bertz CT molecular complexity index is 684. The smallest absolute Gasteiger partial charge is 0.253 e. The van der Waals surface area contributed by atoms with Crippen LogP contribution in [0.1, 0.15) is 13.8 Å². The first-order valence-corrected chi connectivity index (χ1v) is 7.14. The van der Waals surface area contributed by atoms with E-state index in [1.54, 1.807) is 0 Å². The van der Waals surface area contributed by atoms with Crippen molar-refractivity contribution in [1.82, 2.24) is 24.9 Å². The molecule has 0 aliphatic carbocycles. The van der Waals surface area contributed by atoms with Crippen LogP contribution in [0.4, 0.5) is 17.7 Å². The Hall–Kier alpha value is -2.36. The third kappa shape index (κ3) is 3.81. The van der Waals surface area contributed by atoms with Gasteiger partial charge in [-0.05, 0) is 25.6 Å². The molecule has 2 heterocycles. The second-order valence-corrected chi connectivity index (χ2v) is 4.98. The van der Waals surface area contributed by atoms with Crippen LogP contribution in [-0.4, -0.2) is 38.0 Å². The van der Waals surface area contributed by atoms with Crippen LogP contribution in [-0.2, 0) is 0 Å². The fourth-order valence-corrected chi connectivity index (χ4v) is 2.38. The summed E-state index contributed by atoms with van der Waals surface area (Å²) in [6.07, 6.45) is 0. The van der Waals surface area contributed by atoms with Crippen molar-refractivity contribution in [3.05, 3.63) is 16.4 Å². The first kappa shape index (κ1) is 15.0. The molecular weight excluding hydrogens is 292 g/mol. The zero-order valence-corrected chi connectivity index (χ0v) is 12.5. The molecule has 0 spiro atoms.